The molecule has 1 fully saturated rings. The number of hydrogen-bond donors (Lipinski definition) is 4. The fourth-order valence-corrected chi connectivity index (χ4v) is 3.57. The minimum atomic E-state index is -1.11. The lowest BCUT2D eigenvalue weighted by Gasteiger charge is -2.22. The number of carbonyl (C=O) groups is 3. The van der Waals surface area contributed by atoms with Crippen molar-refractivity contribution in [2.75, 3.05) is 5.32 Å². The van der Waals surface area contributed by atoms with Gasteiger partial charge in [0, 0.05) is 23.4 Å². The number of aromatic nitrogens is 1. The third-order valence-corrected chi connectivity index (χ3v) is 5.33. The van der Waals surface area contributed by atoms with Gasteiger partial charge in [-0.25, -0.2) is 9.59 Å². The van der Waals surface area contributed by atoms with Crippen molar-refractivity contribution in [2.24, 2.45) is 5.92 Å². The maximum absolute atomic E-state index is 12.3. The van der Waals surface area contributed by atoms with Crippen LogP contribution in [0.2, 0.25) is 0 Å². The van der Waals surface area contributed by atoms with E-state index in [1.165, 1.54) is 12.5 Å². The van der Waals surface area contributed by atoms with Crippen molar-refractivity contribution in [1.29, 1.82) is 0 Å². The summed E-state index contributed by atoms with van der Waals surface area (Å²) in [4.78, 5) is 35.7. The van der Waals surface area contributed by atoms with Gasteiger partial charge < -0.3 is 25.6 Å². The number of nitrogens with one attached hydrogen (secondary N) is 3. The molecule has 4 N–H and O–H groups in total. The van der Waals surface area contributed by atoms with Crippen molar-refractivity contribution in [3.63, 3.8) is 0 Å². The highest BCUT2D eigenvalue weighted by atomic mass is 16.5. The Labute approximate surface area is 180 Å². The van der Waals surface area contributed by atoms with E-state index in [4.69, 9.17) is 4.52 Å². The van der Waals surface area contributed by atoms with E-state index in [0.29, 0.717) is 16.9 Å². The Bertz CT molecular complexity index is 916. The molecule has 31 heavy (non-hydrogen) atoms. The largest absolute Gasteiger partial charge is 0.480 e. The molecular formula is C22H28N4O5. The van der Waals surface area contributed by atoms with Crippen LogP contribution in [-0.2, 0) is 4.79 Å². The Balaban J connectivity index is 1.58. The molecule has 1 aliphatic carbocycles. The van der Waals surface area contributed by atoms with Gasteiger partial charge in [0.2, 0.25) is 5.76 Å². The van der Waals surface area contributed by atoms with Gasteiger partial charge >= 0.3 is 12.0 Å². The molecule has 9 heteroatoms. The minimum absolute atomic E-state index is 0.0732. The Kier molecular flexibility index (Phi) is 7.28. The smallest absolute Gasteiger partial charge is 0.326 e. The Morgan fingerprint density at radius 3 is 2.39 bits per heavy atom. The van der Waals surface area contributed by atoms with Crippen LogP contribution in [0, 0.1) is 5.92 Å². The molecule has 0 radical (unpaired) electrons. The van der Waals surface area contributed by atoms with E-state index < -0.39 is 17.9 Å². The number of nitrogens with zero attached hydrogens (tertiary/aromatic N) is 1. The van der Waals surface area contributed by atoms with Crippen molar-refractivity contribution >= 4 is 23.6 Å². The first-order valence-corrected chi connectivity index (χ1v) is 10.5. The summed E-state index contributed by atoms with van der Waals surface area (Å²) in [7, 11) is 0. The summed E-state index contributed by atoms with van der Waals surface area (Å²) >= 11 is 0. The molecule has 1 aromatic carbocycles. The standard InChI is InChI=1S/C22H28N4O5/c1-13(2)19(21(28)29)25-20(27)18-12-17(26-31-18)14-8-10-16(11-9-14)24-22(30)23-15-6-4-3-5-7-15/h8-13,15,19H,3-7H2,1-2H3,(H,25,27)(H,28,29)(H2,23,24,30). The predicted octanol–water partition coefficient (Wildman–Crippen LogP) is 3.63. The molecule has 1 saturated carbocycles. The van der Waals surface area contributed by atoms with E-state index >= 15 is 0 Å². The van der Waals surface area contributed by atoms with Gasteiger partial charge in [0.25, 0.3) is 5.91 Å². The number of carbonyl (C=O) groups excluding carboxylic acids is 2. The second kappa shape index (κ2) is 10.1. The number of carboxylic acids is 1. The molecule has 1 atom stereocenters. The van der Waals surface area contributed by atoms with Gasteiger partial charge in [-0.05, 0) is 30.9 Å². The van der Waals surface area contributed by atoms with Crippen molar-refractivity contribution in [2.45, 2.75) is 58.0 Å². The maximum atomic E-state index is 12.3. The van der Waals surface area contributed by atoms with Crippen molar-refractivity contribution in [3.8, 4) is 11.3 Å². The molecular weight excluding hydrogens is 400 g/mol. The number of urea groups is 1. The number of amides is 3. The number of rotatable bonds is 7. The van der Waals surface area contributed by atoms with E-state index in [1.54, 1.807) is 38.1 Å². The third kappa shape index (κ3) is 6.07. The van der Waals surface area contributed by atoms with E-state index in [1.807, 2.05) is 0 Å². The number of anilines is 1. The first-order chi connectivity index (χ1) is 14.8. The molecule has 166 valence electrons. The normalized spacial score (nSPS) is 15.3. The summed E-state index contributed by atoms with van der Waals surface area (Å²) < 4.78 is 5.09. The van der Waals surface area contributed by atoms with E-state index in [0.717, 1.165) is 25.7 Å². The van der Waals surface area contributed by atoms with Crippen LogP contribution in [0.25, 0.3) is 11.3 Å². The van der Waals surface area contributed by atoms with E-state index in [-0.39, 0.29) is 23.8 Å². The second-order valence-corrected chi connectivity index (χ2v) is 8.12. The molecule has 0 spiro atoms. The number of hydrogen-bond acceptors (Lipinski definition) is 5. The number of benzene rings is 1. The van der Waals surface area contributed by atoms with Gasteiger partial charge in [0.15, 0.2) is 0 Å². The Hall–Kier alpha value is -3.36. The van der Waals surface area contributed by atoms with Crippen molar-refractivity contribution in [1.82, 2.24) is 15.8 Å². The molecule has 0 saturated heterocycles. The van der Waals surface area contributed by atoms with E-state index in [9.17, 15) is 19.5 Å². The number of carboxylic acid groups (broad SMARTS) is 1. The van der Waals surface area contributed by atoms with Gasteiger partial charge in [-0.15, -0.1) is 0 Å². The van der Waals surface area contributed by atoms with Gasteiger partial charge in [0.1, 0.15) is 11.7 Å². The highest BCUT2D eigenvalue weighted by Gasteiger charge is 2.26. The monoisotopic (exact) mass is 428 g/mol. The summed E-state index contributed by atoms with van der Waals surface area (Å²) in [5.74, 6) is -2.11. The van der Waals surface area contributed by atoms with Crippen LogP contribution >= 0.6 is 0 Å². The van der Waals surface area contributed by atoms with Gasteiger partial charge in [-0.3, -0.25) is 4.79 Å². The molecule has 0 bridgehead atoms. The average Bonchev–Trinajstić information content (AvgIpc) is 3.23. The summed E-state index contributed by atoms with van der Waals surface area (Å²) in [6.45, 7) is 3.41. The van der Waals surface area contributed by atoms with Crippen LogP contribution in [0.3, 0.4) is 0 Å². The lowest BCUT2D eigenvalue weighted by atomic mass is 9.96. The topological polar surface area (TPSA) is 134 Å². The van der Waals surface area contributed by atoms with Crippen LogP contribution in [0.15, 0.2) is 34.9 Å². The van der Waals surface area contributed by atoms with Crippen LogP contribution in [-0.4, -0.2) is 40.3 Å². The first-order valence-electron chi connectivity index (χ1n) is 10.5. The lowest BCUT2D eigenvalue weighted by molar-refractivity contribution is -0.140. The number of aliphatic carboxylic acids is 1. The summed E-state index contributed by atoms with van der Waals surface area (Å²) in [6.07, 6.45) is 5.54. The minimum Gasteiger partial charge on any atom is -0.480 e. The first kappa shape index (κ1) is 22.3. The summed E-state index contributed by atoms with van der Waals surface area (Å²) in [5.41, 5.74) is 1.76. The van der Waals surface area contributed by atoms with Crippen molar-refractivity contribution < 1.29 is 24.0 Å². The van der Waals surface area contributed by atoms with Crippen LogP contribution in [0.1, 0.15) is 56.5 Å². The lowest BCUT2D eigenvalue weighted by Crippen LogP contribution is -2.44. The zero-order chi connectivity index (χ0) is 22.4. The van der Waals surface area contributed by atoms with Crippen LogP contribution in [0.4, 0.5) is 10.5 Å². The molecule has 9 nitrogen and oxygen atoms in total. The highest BCUT2D eigenvalue weighted by molar-refractivity contribution is 5.95. The maximum Gasteiger partial charge on any atom is 0.326 e. The van der Waals surface area contributed by atoms with E-state index in [2.05, 4.69) is 21.1 Å². The van der Waals surface area contributed by atoms with Gasteiger partial charge in [0.05, 0.1) is 0 Å². The molecule has 1 heterocycles. The van der Waals surface area contributed by atoms with Gasteiger partial charge in [-0.2, -0.15) is 0 Å². The third-order valence-electron chi connectivity index (χ3n) is 5.33. The summed E-state index contributed by atoms with van der Waals surface area (Å²) in [5, 5.41) is 21.3. The van der Waals surface area contributed by atoms with Crippen LogP contribution in [0.5, 0.6) is 0 Å². The quantitative estimate of drug-likeness (QED) is 0.532. The molecule has 3 amide bonds. The zero-order valence-corrected chi connectivity index (χ0v) is 17.7. The van der Waals surface area contributed by atoms with Crippen molar-refractivity contribution in [3.05, 3.63) is 36.1 Å². The molecule has 1 aromatic heterocycles. The molecule has 1 aliphatic rings. The van der Waals surface area contributed by atoms with Crippen LogP contribution < -0.4 is 16.0 Å². The molecule has 3 rings (SSSR count). The molecule has 0 aliphatic heterocycles. The Morgan fingerprint density at radius 2 is 1.77 bits per heavy atom. The fraction of sp³-hybridized carbons (Fsp3) is 0.455. The molecule has 1 unspecified atom stereocenters. The second-order valence-electron chi connectivity index (χ2n) is 8.12. The molecule has 2 aromatic rings. The highest BCUT2D eigenvalue weighted by Crippen LogP contribution is 2.22. The fourth-order valence-electron chi connectivity index (χ4n) is 3.57. The SMILES string of the molecule is CC(C)C(NC(=O)c1cc(-c2ccc(NC(=O)NC3CCCCC3)cc2)no1)C(=O)O. The zero-order valence-electron chi connectivity index (χ0n) is 17.7. The average molecular weight is 428 g/mol. The Morgan fingerprint density at radius 1 is 1.10 bits per heavy atom. The predicted molar refractivity (Wildman–Crippen MR) is 115 cm³/mol. The summed E-state index contributed by atoms with van der Waals surface area (Å²) in [6, 6.07) is 7.42. The van der Waals surface area contributed by atoms with Gasteiger partial charge in [-0.1, -0.05) is 50.4 Å².